The summed E-state index contributed by atoms with van der Waals surface area (Å²) in [5.74, 6) is -0.271. The van der Waals surface area contributed by atoms with Gasteiger partial charge in [0.25, 0.3) is 5.91 Å². The zero-order valence-corrected chi connectivity index (χ0v) is 15.6. The van der Waals surface area contributed by atoms with Crippen molar-refractivity contribution in [2.45, 2.75) is 31.6 Å². The highest BCUT2D eigenvalue weighted by Gasteiger charge is 2.40. The van der Waals surface area contributed by atoms with Crippen LogP contribution < -0.4 is 15.4 Å². The van der Waals surface area contributed by atoms with Crippen molar-refractivity contribution >= 4 is 17.7 Å². The molecule has 0 saturated carbocycles. The van der Waals surface area contributed by atoms with E-state index in [0.29, 0.717) is 30.9 Å². The van der Waals surface area contributed by atoms with Crippen molar-refractivity contribution in [2.75, 3.05) is 6.61 Å². The number of fused-ring (bicyclic) bond motifs is 2. The molecule has 8 nitrogen and oxygen atoms in total. The summed E-state index contributed by atoms with van der Waals surface area (Å²) < 4.78 is 6.04. The SMILES string of the molecule is O=C1CCC(N2Cc3c(OCC4=CN5C=CNC5C=C4)cccc3C2=O)C(=O)N1. The zero-order chi connectivity index (χ0) is 20.0. The third-order valence-electron chi connectivity index (χ3n) is 5.58. The summed E-state index contributed by atoms with van der Waals surface area (Å²) in [7, 11) is 0. The largest absolute Gasteiger partial charge is 0.488 e. The number of ether oxygens (including phenoxy) is 1. The number of carbonyl (C=O) groups excluding carboxylic acids is 3. The molecule has 5 rings (SSSR count). The Balaban J connectivity index is 1.32. The summed E-state index contributed by atoms with van der Waals surface area (Å²) in [6.07, 6.45) is 10.7. The first-order valence-corrected chi connectivity index (χ1v) is 9.58. The van der Waals surface area contributed by atoms with E-state index in [-0.39, 0.29) is 24.4 Å². The second-order valence-corrected chi connectivity index (χ2v) is 7.41. The molecule has 1 saturated heterocycles. The number of amides is 3. The first kappa shape index (κ1) is 17.5. The summed E-state index contributed by atoms with van der Waals surface area (Å²) in [6, 6.07) is 4.75. The molecule has 2 atom stereocenters. The van der Waals surface area contributed by atoms with Gasteiger partial charge in [0.15, 0.2) is 0 Å². The number of carbonyl (C=O) groups is 3. The summed E-state index contributed by atoms with van der Waals surface area (Å²) in [5.41, 5.74) is 2.34. The molecule has 1 aromatic carbocycles. The second kappa shape index (κ2) is 6.80. The lowest BCUT2D eigenvalue weighted by atomic mass is 10.0. The molecule has 4 heterocycles. The fraction of sp³-hybridized carbons (Fsp3) is 0.286. The fourth-order valence-corrected chi connectivity index (χ4v) is 4.07. The Morgan fingerprint density at radius 2 is 2.10 bits per heavy atom. The number of imide groups is 1. The van der Waals surface area contributed by atoms with Gasteiger partial charge >= 0.3 is 0 Å². The first-order chi connectivity index (χ1) is 14.1. The third kappa shape index (κ3) is 3.06. The molecule has 2 unspecified atom stereocenters. The van der Waals surface area contributed by atoms with E-state index in [1.165, 1.54) is 4.90 Å². The van der Waals surface area contributed by atoms with Gasteiger partial charge in [-0.15, -0.1) is 0 Å². The quantitative estimate of drug-likeness (QED) is 0.743. The van der Waals surface area contributed by atoms with Crippen LogP contribution in [0.4, 0.5) is 0 Å². The summed E-state index contributed by atoms with van der Waals surface area (Å²) in [6.45, 7) is 0.670. The number of hydrogen-bond donors (Lipinski definition) is 2. The van der Waals surface area contributed by atoms with Crippen molar-refractivity contribution in [3.63, 3.8) is 0 Å². The molecule has 148 valence electrons. The zero-order valence-electron chi connectivity index (χ0n) is 15.6. The smallest absolute Gasteiger partial charge is 0.255 e. The molecule has 0 aliphatic carbocycles. The average molecular weight is 392 g/mol. The van der Waals surface area contributed by atoms with Crippen LogP contribution in [0.25, 0.3) is 0 Å². The van der Waals surface area contributed by atoms with E-state index in [2.05, 4.69) is 21.6 Å². The molecule has 4 aliphatic heterocycles. The summed E-state index contributed by atoms with van der Waals surface area (Å²) in [5, 5.41) is 5.53. The standard InChI is InChI=1S/C21H20N4O4/c26-19-7-5-16(20(27)23-19)25-11-15-14(21(25)28)2-1-3-17(15)29-12-13-4-6-18-22-8-9-24(18)10-13/h1-4,6,8-10,16,18,22H,5,7,11-12H2,(H,23,26,27). The molecule has 0 aromatic heterocycles. The van der Waals surface area contributed by atoms with E-state index in [1.807, 2.05) is 30.7 Å². The maximum Gasteiger partial charge on any atom is 0.255 e. The van der Waals surface area contributed by atoms with E-state index in [0.717, 1.165) is 11.1 Å². The predicted molar refractivity (Wildman–Crippen MR) is 103 cm³/mol. The summed E-state index contributed by atoms with van der Waals surface area (Å²) >= 11 is 0. The Bertz CT molecular complexity index is 996. The van der Waals surface area contributed by atoms with Gasteiger partial charge in [-0.1, -0.05) is 12.1 Å². The van der Waals surface area contributed by atoms with Gasteiger partial charge in [-0.3, -0.25) is 19.7 Å². The van der Waals surface area contributed by atoms with Crippen LogP contribution in [0.15, 0.2) is 54.5 Å². The lowest BCUT2D eigenvalue weighted by Gasteiger charge is -2.29. The van der Waals surface area contributed by atoms with Crippen molar-refractivity contribution in [2.24, 2.45) is 0 Å². The normalized spacial score (nSPS) is 24.8. The van der Waals surface area contributed by atoms with Gasteiger partial charge in [-0.2, -0.15) is 0 Å². The Morgan fingerprint density at radius 1 is 1.21 bits per heavy atom. The highest BCUT2D eigenvalue weighted by atomic mass is 16.5. The highest BCUT2D eigenvalue weighted by molar-refractivity contribution is 6.05. The lowest BCUT2D eigenvalue weighted by Crippen LogP contribution is -2.52. The molecule has 0 bridgehead atoms. The van der Waals surface area contributed by atoms with Crippen LogP contribution in [-0.2, 0) is 16.1 Å². The molecule has 29 heavy (non-hydrogen) atoms. The maximum atomic E-state index is 12.9. The molecule has 0 spiro atoms. The van der Waals surface area contributed by atoms with E-state index >= 15 is 0 Å². The lowest BCUT2D eigenvalue weighted by molar-refractivity contribution is -0.136. The van der Waals surface area contributed by atoms with Crippen LogP contribution in [0.2, 0.25) is 0 Å². The number of nitrogens with one attached hydrogen (secondary N) is 2. The van der Waals surface area contributed by atoms with Crippen LogP contribution in [0.1, 0.15) is 28.8 Å². The average Bonchev–Trinajstić information content (AvgIpc) is 3.31. The summed E-state index contributed by atoms with van der Waals surface area (Å²) in [4.78, 5) is 40.1. The predicted octanol–water partition coefficient (Wildman–Crippen LogP) is 0.983. The Labute approximate surface area is 167 Å². The molecule has 3 amide bonds. The van der Waals surface area contributed by atoms with Crippen molar-refractivity contribution in [1.82, 2.24) is 20.4 Å². The Kier molecular flexibility index (Phi) is 4.12. The van der Waals surface area contributed by atoms with E-state index in [1.54, 1.807) is 12.1 Å². The van der Waals surface area contributed by atoms with Crippen molar-refractivity contribution < 1.29 is 19.1 Å². The monoisotopic (exact) mass is 392 g/mol. The Hall–Kier alpha value is -3.55. The topological polar surface area (TPSA) is 91.0 Å². The van der Waals surface area contributed by atoms with Gasteiger partial charge in [0, 0.05) is 41.7 Å². The van der Waals surface area contributed by atoms with Crippen LogP contribution in [0, 0.1) is 0 Å². The van der Waals surface area contributed by atoms with Gasteiger partial charge in [0.1, 0.15) is 24.6 Å². The van der Waals surface area contributed by atoms with Crippen LogP contribution >= 0.6 is 0 Å². The van der Waals surface area contributed by atoms with Crippen molar-refractivity contribution in [1.29, 1.82) is 0 Å². The van der Waals surface area contributed by atoms with Gasteiger partial charge < -0.3 is 19.9 Å². The Morgan fingerprint density at radius 3 is 2.97 bits per heavy atom. The van der Waals surface area contributed by atoms with Crippen molar-refractivity contribution in [3.05, 3.63) is 65.7 Å². The number of benzene rings is 1. The second-order valence-electron chi connectivity index (χ2n) is 7.41. The first-order valence-electron chi connectivity index (χ1n) is 9.58. The molecule has 4 aliphatic rings. The molecule has 0 radical (unpaired) electrons. The number of hydrogen-bond acceptors (Lipinski definition) is 6. The maximum absolute atomic E-state index is 12.9. The minimum absolute atomic E-state index is 0.152. The number of nitrogens with zero attached hydrogens (tertiary/aromatic N) is 2. The van der Waals surface area contributed by atoms with E-state index < -0.39 is 11.9 Å². The van der Waals surface area contributed by atoms with Crippen LogP contribution in [-0.4, -0.2) is 46.3 Å². The van der Waals surface area contributed by atoms with Gasteiger partial charge in [0.05, 0.1) is 6.54 Å². The minimum Gasteiger partial charge on any atom is -0.488 e. The van der Waals surface area contributed by atoms with Crippen molar-refractivity contribution in [3.8, 4) is 5.75 Å². The number of rotatable bonds is 4. The number of piperidine rings is 1. The van der Waals surface area contributed by atoms with E-state index in [4.69, 9.17) is 4.74 Å². The molecule has 1 fully saturated rings. The van der Waals surface area contributed by atoms with Gasteiger partial charge in [-0.05, 0) is 24.6 Å². The fourth-order valence-electron chi connectivity index (χ4n) is 4.07. The van der Waals surface area contributed by atoms with Gasteiger partial charge in [-0.25, -0.2) is 0 Å². The molecular weight excluding hydrogens is 372 g/mol. The van der Waals surface area contributed by atoms with Gasteiger partial charge in [0.2, 0.25) is 11.8 Å². The third-order valence-corrected chi connectivity index (χ3v) is 5.58. The molecule has 1 aromatic rings. The molecule has 2 N–H and O–H groups in total. The van der Waals surface area contributed by atoms with Crippen LogP contribution in [0.5, 0.6) is 5.75 Å². The van der Waals surface area contributed by atoms with E-state index in [9.17, 15) is 14.4 Å². The minimum atomic E-state index is -0.629. The molecule has 8 heteroatoms. The van der Waals surface area contributed by atoms with Crippen LogP contribution in [0.3, 0.4) is 0 Å². The highest BCUT2D eigenvalue weighted by Crippen LogP contribution is 2.34. The molecular formula is C21H20N4O4.